The lowest BCUT2D eigenvalue weighted by molar-refractivity contribution is -0.196. The number of rotatable bonds is 4. The number of carbonyl (C=O) groups is 1. The molecule has 0 saturated carbocycles. The minimum absolute atomic E-state index is 0.333. The van der Waals surface area contributed by atoms with Crippen LogP contribution in [0.2, 0.25) is 5.02 Å². The normalized spacial score (nSPS) is 28.6. The van der Waals surface area contributed by atoms with Gasteiger partial charge in [0.1, 0.15) is 17.2 Å². The van der Waals surface area contributed by atoms with Gasteiger partial charge < -0.3 is 20.3 Å². The summed E-state index contributed by atoms with van der Waals surface area (Å²) >= 11 is 5.60. The fourth-order valence-electron chi connectivity index (χ4n) is 2.05. The van der Waals surface area contributed by atoms with Gasteiger partial charge in [0.25, 0.3) is 5.56 Å². The van der Waals surface area contributed by atoms with E-state index in [9.17, 15) is 23.9 Å². The van der Waals surface area contributed by atoms with Gasteiger partial charge in [0.2, 0.25) is 5.85 Å². The van der Waals surface area contributed by atoms with Crippen LogP contribution >= 0.6 is 11.6 Å². The molecule has 1 aromatic heterocycles. The number of aromatic amines is 1. The number of halogens is 2. The maximum atomic E-state index is 14.5. The number of ether oxygens (including phenoxy) is 2. The summed E-state index contributed by atoms with van der Waals surface area (Å²) in [5, 5.41) is 9.58. The third kappa shape index (κ3) is 3.78. The van der Waals surface area contributed by atoms with Gasteiger partial charge in [-0.05, 0) is 6.92 Å². The number of nitrogens with zero attached hydrogens (tertiary/aromatic N) is 1. The van der Waals surface area contributed by atoms with Crippen molar-refractivity contribution in [1.82, 2.24) is 9.55 Å². The maximum absolute atomic E-state index is 14.5. The van der Waals surface area contributed by atoms with E-state index in [1.165, 1.54) is 6.92 Å². The molecule has 4 N–H and O–H groups in total. The molecule has 128 valence electrons. The van der Waals surface area contributed by atoms with E-state index in [-0.39, 0.29) is 5.02 Å². The van der Waals surface area contributed by atoms with Gasteiger partial charge in [0.15, 0.2) is 12.8 Å². The molecule has 0 amide bonds. The SMILES string of the molecule is C[C@H](N)C(=O)OC[C@]1(F)C[C@@H](O)[C@H](n2cc(Cl)c(=O)[nH]c2=O)O1. The zero-order chi connectivity index (χ0) is 17.4. The van der Waals surface area contributed by atoms with E-state index in [0.717, 1.165) is 10.8 Å². The number of aliphatic hydroxyl groups is 1. The van der Waals surface area contributed by atoms with Crippen LogP contribution in [0.15, 0.2) is 15.8 Å². The average molecular weight is 352 g/mol. The molecule has 23 heavy (non-hydrogen) atoms. The minimum atomic E-state index is -2.50. The Bertz CT molecular complexity index is 719. The molecular weight excluding hydrogens is 337 g/mol. The number of aliphatic hydroxyl groups excluding tert-OH is 1. The second kappa shape index (κ2) is 6.40. The van der Waals surface area contributed by atoms with Gasteiger partial charge in [-0.3, -0.25) is 19.1 Å². The molecule has 2 rings (SSSR count). The lowest BCUT2D eigenvalue weighted by Crippen LogP contribution is -2.37. The van der Waals surface area contributed by atoms with Crippen molar-refractivity contribution in [3.63, 3.8) is 0 Å². The molecular formula is C12H15ClFN3O6. The molecule has 1 saturated heterocycles. The Labute approximate surface area is 133 Å². The van der Waals surface area contributed by atoms with E-state index in [1.54, 1.807) is 0 Å². The second-order valence-electron chi connectivity index (χ2n) is 5.20. The molecule has 0 spiro atoms. The van der Waals surface area contributed by atoms with Crippen molar-refractivity contribution >= 4 is 17.6 Å². The highest BCUT2D eigenvalue weighted by molar-refractivity contribution is 6.30. The van der Waals surface area contributed by atoms with Crippen LogP contribution in [0.4, 0.5) is 4.39 Å². The molecule has 9 nitrogen and oxygen atoms in total. The van der Waals surface area contributed by atoms with Crippen LogP contribution in [-0.4, -0.2) is 45.2 Å². The van der Waals surface area contributed by atoms with Crippen LogP contribution in [0.5, 0.6) is 0 Å². The highest BCUT2D eigenvalue weighted by Gasteiger charge is 2.49. The molecule has 1 aliphatic rings. The van der Waals surface area contributed by atoms with Gasteiger partial charge in [-0.2, -0.15) is 0 Å². The summed E-state index contributed by atoms with van der Waals surface area (Å²) in [5.74, 6) is -3.34. The van der Waals surface area contributed by atoms with Gasteiger partial charge >= 0.3 is 11.7 Å². The van der Waals surface area contributed by atoms with Gasteiger partial charge in [0, 0.05) is 12.6 Å². The van der Waals surface area contributed by atoms with Crippen LogP contribution in [-0.2, 0) is 14.3 Å². The third-order valence-corrected chi connectivity index (χ3v) is 3.44. The van der Waals surface area contributed by atoms with Gasteiger partial charge in [-0.25, -0.2) is 9.18 Å². The number of aromatic nitrogens is 2. The summed E-state index contributed by atoms with van der Waals surface area (Å²) in [6.45, 7) is 0.565. The van der Waals surface area contributed by atoms with E-state index in [4.69, 9.17) is 22.1 Å². The van der Waals surface area contributed by atoms with Crippen molar-refractivity contribution in [3.05, 3.63) is 32.1 Å². The number of esters is 1. The Morgan fingerprint density at radius 3 is 3.00 bits per heavy atom. The molecule has 1 aromatic rings. The summed E-state index contributed by atoms with van der Waals surface area (Å²) in [7, 11) is 0. The molecule has 2 heterocycles. The highest BCUT2D eigenvalue weighted by Crippen LogP contribution is 2.37. The molecule has 0 radical (unpaired) electrons. The molecule has 4 atom stereocenters. The van der Waals surface area contributed by atoms with E-state index in [0.29, 0.717) is 0 Å². The van der Waals surface area contributed by atoms with Crippen LogP contribution in [0.3, 0.4) is 0 Å². The number of carbonyl (C=O) groups excluding carboxylic acids is 1. The van der Waals surface area contributed by atoms with Crippen LogP contribution in [0.1, 0.15) is 19.6 Å². The first-order valence-corrected chi connectivity index (χ1v) is 6.99. The fourth-order valence-corrected chi connectivity index (χ4v) is 2.20. The van der Waals surface area contributed by atoms with E-state index < -0.39 is 54.5 Å². The Morgan fingerprint density at radius 1 is 1.74 bits per heavy atom. The predicted molar refractivity (Wildman–Crippen MR) is 75.5 cm³/mol. The van der Waals surface area contributed by atoms with Crippen molar-refractivity contribution in [3.8, 4) is 0 Å². The van der Waals surface area contributed by atoms with E-state index in [1.807, 2.05) is 4.98 Å². The number of hydrogen-bond donors (Lipinski definition) is 3. The smallest absolute Gasteiger partial charge is 0.330 e. The maximum Gasteiger partial charge on any atom is 0.330 e. The topological polar surface area (TPSA) is 137 Å². The standard InChI is InChI=1S/C12H15ClFN3O6/c1-5(15)10(20)22-4-12(14)2-7(18)9(23-12)17-3-6(13)8(19)16-11(17)21/h3,5,7,9,18H,2,4,15H2,1H3,(H,16,19,21)/t5-,7+,9+,12-/m0/s1. The summed E-state index contributed by atoms with van der Waals surface area (Å²) < 4.78 is 24.9. The highest BCUT2D eigenvalue weighted by atomic mass is 35.5. The zero-order valence-corrected chi connectivity index (χ0v) is 12.7. The Balaban J connectivity index is 2.18. The van der Waals surface area contributed by atoms with Gasteiger partial charge in [0.05, 0.1) is 0 Å². The summed E-state index contributed by atoms with van der Waals surface area (Å²) in [6.07, 6.45) is -2.48. The zero-order valence-electron chi connectivity index (χ0n) is 12.0. The Kier molecular flexibility index (Phi) is 4.90. The van der Waals surface area contributed by atoms with Gasteiger partial charge in [-0.15, -0.1) is 0 Å². The van der Waals surface area contributed by atoms with Crippen LogP contribution in [0.25, 0.3) is 0 Å². The molecule has 1 aliphatic heterocycles. The number of H-pyrrole nitrogens is 1. The molecule has 0 aliphatic carbocycles. The first kappa shape index (κ1) is 17.6. The van der Waals surface area contributed by atoms with E-state index >= 15 is 0 Å². The number of alkyl halides is 1. The minimum Gasteiger partial charge on any atom is -0.458 e. The van der Waals surface area contributed by atoms with E-state index in [2.05, 4.69) is 4.74 Å². The van der Waals surface area contributed by atoms with Gasteiger partial charge in [-0.1, -0.05) is 11.6 Å². The summed E-state index contributed by atoms with van der Waals surface area (Å²) in [5.41, 5.74) is 3.53. The Hall–Kier alpha value is -1.75. The fraction of sp³-hybridized carbons (Fsp3) is 0.583. The number of nitrogens with one attached hydrogen (secondary N) is 1. The molecule has 0 aromatic carbocycles. The largest absolute Gasteiger partial charge is 0.458 e. The van der Waals surface area contributed by atoms with Crippen molar-refractivity contribution in [1.29, 1.82) is 0 Å². The van der Waals surface area contributed by atoms with Crippen LogP contribution in [0, 0.1) is 0 Å². The lowest BCUT2D eigenvalue weighted by Gasteiger charge is -2.21. The first-order chi connectivity index (χ1) is 10.6. The molecule has 1 fully saturated rings. The number of hydrogen-bond acceptors (Lipinski definition) is 7. The quantitative estimate of drug-likeness (QED) is 0.593. The van der Waals surface area contributed by atoms with Crippen molar-refractivity contribution in [2.24, 2.45) is 5.73 Å². The lowest BCUT2D eigenvalue weighted by atomic mass is 10.2. The molecule has 0 unspecified atom stereocenters. The van der Waals surface area contributed by atoms with Crippen molar-refractivity contribution in [2.75, 3.05) is 6.61 Å². The van der Waals surface area contributed by atoms with Crippen molar-refractivity contribution in [2.45, 2.75) is 37.6 Å². The monoisotopic (exact) mass is 351 g/mol. The second-order valence-corrected chi connectivity index (χ2v) is 5.61. The first-order valence-electron chi connectivity index (χ1n) is 6.61. The predicted octanol–water partition coefficient (Wildman–Crippen LogP) is -0.974. The Morgan fingerprint density at radius 2 is 2.39 bits per heavy atom. The molecule has 11 heteroatoms. The average Bonchev–Trinajstić information content (AvgIpc) is 2.76. The summed E-state index contributed by atoms with van der Waals surface area (Å²) in [4.78, 5) is 36.1. The van der Waals surface area contributed by atoms with Crippen LogP contribution < -0.4 is 17.0 Å². The van der Waals surface area contributed by atoms with Crippen molar-refractivity contribution < 1.29 is 23.8 Å². The molecule has 0 bridgehead atoms. The number of nitrogens with two attached hydrogens (primary N) is 1. The summed E-state index contributed by atoms with van der Waals surface area (Å²) in [6, 6.07) is -0.943. The third-order valence-electron chi connectivity index (χ3n) is 3.18.